The van der Waals surface area contributed by atoms with E-state index in [9.17, 15) is 5.11 Å². The fraction of sp³-hybridized carbons (Fsp3) is 1.00. The minimum absolute atomic E-state index is 0.430. The minimum atomic E-state index is -0.491. The SMILES string of the molecule is CCCC1C[C@H](C)C(OCC)CC1[C@@H](C)CC1CC[C@H](C)C(C)(O)C1CC. The molecule has 2 aliphatic carbocycles. The van der Waals surface area contributed by atoms with Gasteiger partial charge in [-0.25, -0.2) is 0 Å². The summed E-state index contributed by atoms with van der Waals surface area (Å²) in [5.74, 6) is 4.66. The molecule has 27 heavy (non-hydrogen) atoms. The van der Waals surface area contributed by atoms with Crippen LogP contribution in [0.5, 0.6) is 0 Å². The fourth-order valence-electron chi connectivity index (χ4n) is 6.82. The first-order valence-electron chi connectivity index (χ1n) is 12.1. The van der Waals surface area contributed by atoms with Crippen molar-refractivity contribution in [2.24, 2.45) is 41.4 Å². The second kappa shape index (κ2) is 10.1. The topological polar surface area (TPSA) is 29.5 Å². The van der Waals surface area contributed by atoms with Gasteiger partial charge in [0.15, 0.2) is 0 Å². The third-order valence-corrected chi connectivity index (χ3v) is 8.59. The van der Waals surface area contributed by atoms with Crippen LogP contribution in [0.2, 0.25) is 0 Å². The van der Waals surface area contributed by atoms with Crippen LogP contribution in [0.4, 0.5) is 0 Å². The lowest BCUT2D eigenvalue weighted by Gasteiger charge is -2.49. The van der Waals surface area contributed by atoms with Crippen LogP contribution in [0, 0.1) is 41.4 Å². The predicted octanol–water partition coefficient (Wildman–Crippen LogP) is 6.70. The highest BCUT2D eigenvalue weighted by molar-refractivity contribution is 4.96. The Hall–Kier alpha value is -0.0800. The molecule has 2 aliphatic rings. The normalized spacial score (nSPS) is 44.2. The molecule has 6 unspecified atom stereocenters. The Bertz CT molecular complexity index is 432. The maximum atomic E-state index is 11.2. The second-order valence-electron chi connectivity index (χ2n) is 10.3. The summed E-state index contributed by atoms with van der Waals surface area (Å²) in [5, 5.41) is 11.2. The van der Waals surface area contributed by atoms with Gasteiger partial charge in [-0.15, -0.1) is 0 Å². The molecule has 9 atom stereocenters. The van der Waals surface area contributed by atoms with E-state index in [1.54, 1.807) is 0 Å². The Kier molecular flexibility index (Phi) is 8.68. The van der Waals surface area contributed by atoms with Gasteiger partial charge in [-0.05, 0) is 87.4 Å². The highest BCUT2D eigenvalue weighted by Gasteiger charge is 2.45. The van der Waals surface area contributed by atoms with Crippen molar-refractivity contribution in [3.63, 3.8) is 0 Å². The lowest BCUT2D eigenvalue weighted by Crippen LogP contribution is -2.49. The van der Waals surface area contributed by atoms with E-state index in [0.717, 1.165) is 30.8 Å². The fourth-order valence-corrected chi connectivity index (χ4v) is 6.82. The number of ether oxygens (including phenoxy) is 1. The monoisotopic (exact) mass is 380 g/mol. The van der Waals surface area contributed by atoms with Crippen LogP contribution in [0.3, 0.4) is 0 Å². The number of rotatable bonds is 8. The Balaban J connectivity index is 2.09. The van der Waals surface area contributed by atoms with E-state index in [2.05, 4.69) is 48.5 Å². The van der Waals surface area contributed by atoms with Gasteiger partial charge in [0, 0.05) is 6.61 Å². The van der Waals surface area contributed by atoms with Crippen LogP contribution in [-0.2, 0) is 4.74 Å². The molecular weight excluding hydrogens is 332 g/mol. The molecule has 0 aromatic heterocycles. The van der Waals surface area contributed by atoms with Crippen molar-refractivity contribution in [1.82, 2.24) is 0 Å². The van der Waals surface area contributed by atoms with Gasteiger partial charge in [0.25, 0.3) is 0 Å². The Labute approximate surface area is 169 Å². The van der Waals surface area contributed by atoms with Crippen molar-refractivity contribution in [1.29, 1.82) is 0 Å². The second-order valence-corrected chi connectivity index (χ2v) is 10.3. The van der Waals surface area contributed by atoms with Crippen molar-refractivity contribution in [2.45, 2.75) is 112 Å². The van der Waals surface area contributed by atoms with Crippen LogP contribution in [0.25, 0.3) is 0 Å². The first-order chi connectivity index (χ1) is 12.8. The average Bonchev–Trinajstić information content (AvgIpc) is 2.61. The Morgan fingerprint density at radius 2 is 1.78 bits per heavy atom. The van der Waals surface area contributed by atoms with Gasteiger partial charge in [0.05, 0.1) is 11.7 Å². The maximum Gasteiger partial charge on any atom is 0.0675 e. The van der Waals surface area contributed by atoms with Crippen LogP contribution < -0.4 is 0 Å². The molecule has 0 aromatic carbocycles. The van der Waals surface area contributed by atoms with Gasteiger partial charge in [-0.2, -0.15) is 0 Å². The molecule has 2 fully saturated rings. The zero-order chi connectivity index (χ0) is 20.2. The van der Waals surface area contributed by atoms with Crippen LogP contribution in [-0.4, -0.2) is 23.4 Å². The van der Waals surface area contributed by atoms with Gasteiger partial charge in [-0.1, -0.05) is 53.9 Å². The number of hydrogen-bond acceptors (Lipinski definition) is 2. The van der Waals surface area contributed by atoms with E-state index >= 15 is 0 Å². The molecule has 0 aromatic rings. The van der Waals surface area contributed by atoms with E-state index in [1.807, 2.05) is 0 Å². The molecule has 0 aliphatic heterocycles. The van der Waals surface area contributed by atoms with Crippen LogP contribution >= 0.6 is 0 Å². The van der Waals surface area contributed by atoms with Crippen LogP contribution in [0.15, 0.2) is 0 Å². The van der Waals surface area contributed by atoms with Crippen molar-refractivity contribution in [3.8, 4) is 0 Å². The molecule has 0 amide bonds. The molecule has 0 bridgehead atoms. The van der Waals surface area contributed by atoms with Crippen molar-refractivity contribution >= 4 is 0 Å². The first-order valence-corrected chi connectivity index (χ1v) is 12.1. The average molecular weight is 381 g/mol. The Morgan fingerprint density at radius 3 is 2.37 bits per heavy atom. The molecule has 0 saturated heterocycles. The van der Waals surface area contributed by atoms with E-state index in [4.69, 9.17) is 4.74 Å². The summed E-state index contributed by atoms with van der Waals surface area (Å²) < 4.78 is 6.14. The summed E-state index contributed by atoms with van der Waals surface area (Å²) in [5.41, 5.74) is -0.491. The molecule has 2 heteroatoms. The third-order valence-electron chi connectivity index (χ3n) is 8.59. The summed E-state index contributed by atoms with van der Waals surface area (Å²) in [7, 11) is 0. The molecule has 2 nitrogen and oxygen atoms in total. The van der Waals surface area contributed by atoms with E-state index in [-0.39, 0.29) is 0 Å². The molecule has 2 rings (SSSR count). The van der Waals surface area contributed by atoms with Crippen molar-refractivity contribution in [2.75, 3.05) is 6.61 Å². The largest absolute Gasteiger partial charge is 0.390 e. The van der Waals surface area contributed by atoms with Gasteiger partial charge < -0.3 is 9.84 Å². The van der Waals surface area contributed by atoms with Gasteiger partial charge in [-0.3, -0.25) is 0 Å². The molecule has 2 saturated carbocycles. The summed E-state index contributed by atoms with van der Waals surface area (Å²) in [4.78, 5) is 0. The van der Waals surface area contributed by atoms with E-state index in [0.29, 0.717) is 29.8 Å². The van der Waals surface area contributed by atoms with E-state index < -0.39 is 5.60 Å². The summed E-state index contributed by atoms with van der Waals surface area (Å²) >= 11 is 0. The molecule has 0 heterocycles. The summed E-state index contributed by atoms with van der Waals surface area (Å²) in [6, 6.07) is 0. The maximum absolute atomic E-state index is 11.2. The lowest BCUT2D eigenvalue weighted by molar-refractivity contribution is -0.107. The number of hydrogen-bond donors (Lipinski definition) is 1. The third kappa shape index (κ3) is 5.30. The smallest absolute Gasteiger partial charge is 0.0675 e. The van der Waals surface area contributed by atoms with Gasteiger partial charge in [0.2, 0.25) is 0 Å². The van der Waals surface area contributed by atoms with Gasteiger partial charge in [0.1, 0.15) is 0 Å². The molecule has 1 N–H and O–H groups in total. The zero-order valence-corrected chi connectivity index (χ0v) is 19.3. The van der Waals surface area contributed by atoms with Crippen LogP contribution in [0.1, 0.15) is 99.8 Å². The highest BCUT2D eigenvalue weighted by Crippen LogP contribution is 2.49. The quantitative estimate of drug-likeness (QED) is 0.507. The summed E-state index contributed by atoms with van der Waals surface area (Å²) in [6.45, 7) is 16.9. The minimum Gasteiger partial charge on any atom is -0.390 e. The van der Waals surface area contributed by atoms with Gasteiger partial charge >= 0.3 is 0 Å². The van der Waals surface area contributed by atoms with E-state index in [1.165, 1.54) is 44.9 Å². The highest BCUT2D eigenvalue weighted by atomic mass is 16.5. The number of aliphatic hydroxyl groups is 1. The lowest BCUT2D eigenvalue weighted by atomic mass is 9.59. The zero-order valence-electron chi connectivity index (χ0n) is 19.3. The molecule has 0 spiro atoms. The molecule has 0 radical (unpaired) electrons. The first kappa shape index (κ1) is 23.2. The van der Waals surface area contributed by atoms with Crippen molar-refractivity contribution < 1.29 is 9.84 Å². The summed E-state index contributed by atoms with van der Waals surface area (Å²) in [6.07, 6.45) is 10.6. The standard InChI is InChI=1S/C25H48O2/c1-8-11-20-15-18(5)24(27-10-3)16-22(20)17(4)14-21-13-12-19(6)25(7,26)23(21)9-2/h17-24,26H,8-16H2,1-7H3/t17-,18-,19-,20?,21?,22?,23?,24?,25?/m0/s1. The molecular formula is C25H48O2. The Morgan fingerprint density at radius 1 is 1.07 bits per heavy atom. The molecule has 160 valence electrons. The van der Waals surface area contributed by atoms with Crippen molar-refractivity contribution in [3.05, 3.63) is 0 Å². The predicted molar refractivity (Wildman–Crippen MR) is 116 cm³/mol.